The maximum atomic E-state index is 2.89. The van der Waals surface area contributed by atoms with Crippen molar-refractivity contribution in [3.05, 3.63) is 0 Å². The highest BCUT2D eigenvalue weighted by atomic mass is 15.2. The Hall–Kier alpha value is 0. The quantitative estimate of drug-likeness (QED) is 0.258. The zero-order valence-corrected chi connectivity index (χ0v) is 31.7. The highest BCUT2D eigenvalue weighted by Gasteiger charge is 3.20. The molecule has 0 amide bonds. The summed E-state index contributed by atoms with van der Waals surface area (Å²) in [6, 6.07) is 0. The first-order chi connectivity index (χ1) is 17.8. The van der Waals surface area contributed by atoms with Crippen LogP contribution in [0, 0.1) is 104 Å². The molecule has 8 aliphatic carbocycles. The smallest absolute Gasteiger partial charge is 0.0131 e. The van der Waals surface area contributed by atoms with Gasteiger partial charge in [0, 0.05) is 0 Å². The Bertz CT molecular complexity index is 1450. The lowest BCUT2D eigenvalue weighted by Crippen LogP contribution is -3.14. The van der Waals surface area contributed by atoms with Crippen molar-refractivity contribution in [2.75, 3.05) is 0 Å². The third-order valence-electron chi connectivity index (χ3n) is 27.3. The molecule has 41 heavy (non-hydrogen) atoms. The van der Waals surface area contributed by atoms with E-state index >= 15 is 0 Å². The maximum Gasteiger partial charge on any atom is -0.0131 e. The molecule has 0 aromatic heterocycles. The second-order valence-corrected chi connectivity index (χ2v) is 22.4. The lowest BCUT2D eigenvalue weighted by atomic mass is 8.86. The molecule has 0 aromatic carbocycles. The Morgan fingerprint density at radius 3 is 0.707 bits per heavy atom. The summed E-state index contributed by atoms with van der Waals surface area (Å²) in [4.78, 5) is 0. The minimum absolute atomic E-state index is 0.221. The Balaban J connectivity index is 1.48. The standard InChI is InChI=1S/C41H68/c1-23-24(2)29(10)28(23,9)34(15)35(29,16)40(21)39(34,20)38(19)33(14)27(7,8)32(13)30(11)25(3,4)26(5,6)31(30,12)36(32,17)37(33,18)41(38,40)22/h23-24H,1-22H3. The lowest BCUT2D eigenvalue weighted by Gasteiger charge is -3.17. The van der Waals surface area contributed by atoms with Gasteiger partial charge in [0.2, 0.25) is 0 Å². The van der Waals surface area contributed by atoms with Gasteiger partial charge in [-0.15, -0.1) is 0 Å². The molecule has 232 valence electrons. The molecule has 0 nitrogen and oxygen atoms in total. The largest absolute Gasteiger partial charge is 0.0617 e. The Kier molecular flexibility index (Phi) is 3.62. The van der Waals surface area contributed by atoms with E-state index in [1.54, 1.807) is 0 Å². The fraction of sp³-hybridized carbons (Fsp3) is 1.00. The van der Waals surface area contributed by atoms with Crippen molar-refractivity contribution in [1.29, 1.82) is 0 Å². The molecule has 8 fully saturated rings. The molecule has 0 heteroatoms. The zero-order chi connectivity index (χ0) is 31.7. The predicted molar refractivity (Wildman–Crippen MR) is 173 cm³/mol. The predicted octanol–water partition coefficient (Wildman–Crippen LogP) is 11.5. The van der Waals surface area contributed by atoms with Gasteiger partial charge in [-0.05, 0) is 104 Å². The minimum atomic E-state index is 0.221. The average Bonchev–Trinajstić information content (AvgIpc) is 2.98. The van der Waals surface area contributed by atoms with Crippen LogP contribution in [-0.2, 0) is 0 Å². The normalized spacial score (nSPS) is 79.5. The van der Waals surface area contributed by atoms with Gasteiger partial charge >= 0.3 is 0 Å². The van der Waals surface area contributed by atoms with Crippen LogP contribution in [0.1, 0.15) is 152 Å². The van der Waals surface area contributed by atoms with Gasteiger partial charge in [-0.3, -0.25) is 0 Å². The van der Waals surface area contributed by atoms with Crippen LogP contribution in [0.5, 0.6) is 0 Å². The molecule has 0 heterocycles. The molecule has 8 saturated carbocycles. The van der Waals surface area contributed by atoms with Crippen molar-refractivity contribution in [2.45, 2.75) is 152 Å². The highest BCUT2D eigenvalue weighted by molar-refractivity contribution is 5.66. The molecule has 8 aliphatic rings. The molecular weight excluding hydrogens is 492 g/mol. The van der Waals surface area contributed by atoms with E-state index in [1.807, 2.05) is 0 Å². The summed E-state index contributed by atoms with van der Waals surface area (Å²) >= 11 is 0. The first-order valence-electron chi connectivity index (χ1n) is 17.8. The van der Waals surface area contributed by atoms with Crippen LogP contribution in [-0.4, -0.2) is 0 Å². The fourth-order valence-corrected chi connectivity index (χ4v) is 24.3. The van der Waals surface area contributed by atoms with Gasteiger partial charge in [-0.1, -0.05) is 152 Å². The van der Waals surface area contributed by atoms with E-state index in [9.17, 15) is 0 Å². The fourth-order valence-electron chi connectivity index (χ4n) is 24.3. The Morgan fingerprint density at radius 2 is 0.390 bits per heavy atom. The summed E-state index contributed by atoms with van der Waals surface area (Å²) in [5.41, 5.74) is 5.23. The molecular formula is C41H68. The molecule has 16 atom stereocenters. The summed E-state index contributed by atoms with van der Waals surface area (Å²) in [7, 11) is 0. The monoisotopic (exact) mass is 561 g/mol. The molecule has 0 saturated heterocycles. The van der Waals surface area contributed by atoms with Crippen molar-refractivity contribution in [3.63, 3.8) is 0 Å². The van der Waals surface area contributed by atoms with Crippen LogP contribution in [0.2, 0.25) is 0 Å². The first kappa shape index (κ1) is 28.5. The van der Waals surface area contributed by atoms with Crippen LogP contribution in [0.4, 0.5) is 0 Å². The van der Waals surface area contributed by atoms with Crippen molar-refractivity contribution in [1.82, 2.24) is 0 Å². The summed E-state index contributed by atoms with van der Waals surface area (Å²) in [5.74, 6) is 1.61. The number of hydrogen-bond donors (Lipinski definition) is 0. The van der Waals surface area contributed by atoms with Crippen molar-refractivity contribution < 1.29 is 0 Å². The van der Waals surface area contributed by atoms with Crippen molar-refractivity contribution in [2.24, 2.45) is 104 Å². The van der Waals surface area contributed by atoms with E-state index in [0.29, 0.717) is 59.6 Å². The van der Waals surface area contributed by atoms with Crippen LogP contribution < -0.4 is 0 Å². The van der Waals surface area contributed by atoms with Gasteiger partial charge < -0.3 is 0 Å². The van der Waals surface area contributed by atoms with E-state index in [2.05, 4.69) is 152 Å². The highest BCUT2D eigenvalue weighted by Crippen LogP contribution is 3.23. The van der Waals surface area contributed by atoms with Gasteiger partial charge in [0.1, 0.15) is 0 Å². The van der Waals surface area contributed by atoms with Gasteiger partial charge in [0.15, 0.2) is 0 Å². The van der Waals surface area contributed by atoms with Crippen LogP contribution in [0.15, 0.2) is 0 Å². The number of fused-ring (bicyclic) bond motifs is 18. The van der Waals surface area contributed by atoms with Gasteiger partial charge in [0.05, 0.1) is 0 Å². The van der Waals surface area contributed by atoms with Crippen molar-refractivity contribution in [3.8, 4) is 0 Å². The Labute approximate surface area is 255 Å². The molecule has 16 unspecified atom stereocenters. The van der Waals surface area contributed by atoms with Gasteiger partial charge in [-0.25, -0.2) is 0 Å². The molecule has 0 aliphatic heterocycles. The number of hydrogen-bond acceptors (Lipinski definition) is 0. The topological polar surface area (TPSA) is 0 Å². The van der Waals surface area contributed by atoms with Crippen LogP contribution >= 0.6 is 0 Å². The summed E-state index contributed by atoms with van der Waals surface area (Å²) < 4.78 is 0. The van der Waals surface area contributed by atoms with E-state index in [1.165, 1.54) is 0 Å². The molecule has 0 bridgehead atoms. The number of rotatable bonds is 0. The van der Waals surface area contributed by atoms with Crippen LogP contribution in [0.25, 0.3) is 0 Å². The van der Waals surface area contributed by atoms with E-state index < -0.39 is 0 Å². The third kappa shape index (κ3) is 1.16. The molecule has 0 aromatic rings. The second kappa shape index (κ2) is 5.22. The van der Waals surface area contributed by atoms with Crippen LogP contribution in [0.3, 0.4) is 0 Å². The second-order valence-electron chi connectivity index (χ2n) is 22.4. The lowest BCUT2D eigenvalue weighted by molar-refractivity contribution is -0.711. The molecule has 0 spiro atoms. The average molecular weight is 561 g/mol. The molecule has 0 N–H and O–H groups in total. The third-order valence-corrected chi connectivity index (χ3v) is 27.3. The van der Waals surface area contributed by atoms with Gasteiger partial charge in [-0.2, -0.15) is 0 Å². The maximum absolute atomic E-state index is 2.89. The van der Waals surface area contributed by atoms with E-state index in [0.717, 1.165) is 11.8 Å². The van der Waals surface area contributed by atoms with Gasteiger partial charge in [0.25, 0.3) is 0 Å². The molecule has 8 rings (SSSR count). The Morgan fingerprint density at radius 1 is 0.220 bits per heavy atom. The van der Waals surface area contributed by atoms with Crippen molar-refractivity contribution >= 4 is 0 Å². The summed E-state index contributed by atoms with van der Waals surface area (Å²) in [6.07, 6.45) is 0. The SMILES string of the molecule is CC1C(C)C2(C)C1(C)C1(C)C2(C)C2(C)C1(C)C1(C)C3(C)C(C)(C)C4(C)C5(C)C(C)(C)C(C)(C)C5(C)C4(C)C3(C)C12C. The zero-order valence-electron chi connectivity index (χ0n) is 31.7. The minimum Gasteiger partial charge on any atom is -0.0617 e. The summed E-state index contributed by atoms with van der Waals surface area (Å²) in [6.45, 7) is 61.1. The van der Waals surface area contributed by atoms with E-state index in [4.69, 9.17) is 0 Å². The molecule has 0 radical (unpaired) electrons. The van der Waals surface area contributed by atoms with E-state index in [-0.39, 0.29) is 32.5 Å². The first-order valence-corrected chi connectivity index (χ1v) is 17.8. The summed E-state index contributed by atoms with van der Waals surface area (Å²) in [5, 5.41) is 0.